The van der Waals surface area contributed by atoms with Crippen molar-refractivity contribution in [3.63, 3.8) is 0 Å². The molecular formula is C16H25NO. The summed E-state index contributed by atoms with van der Waals surface area (Å²) >= 11 is 0. The maximum absolute atomic E-state index is 5.75. The third-order valence-corrected chi connectivity index (χ3v) is 3.84. The first-order chi connectivity index (χ1) is 8.79. The van der Waals surface area contributed by atoms with Crippen molar-refractivity contribution in [3.8, 4) is 0 Å². The van der Waals surface area contributed by atoms with Crippen LogP contribution in [0.1, 0.15) is 38.7 Å². The zero-order valence-electron chi connectivity index (χ0n) is 11.6. The monoisotopic (exact) mass is 247 g/mol. The molecule has 3 atom stereocenters. The Morgan fingerprint density at radius 3 is 2.72 bits per heavy atom. The van der Waals surface area contributed by atoms with Gasteiger partial charge in [-0.25, -0.2) is 0 Å². The van der Waals surface area contributed by atoms with Crippen LogP contribution in [0.2, 0.25) is 0 Å². The van der Waals surface area contributed by atoms with E-state index in [2.05, 4.69) is 49.5 Å². The normalized spacial score (nSPS) is 22.9. The van der Waals surface area contributed by atoms with Crippen molar-refractivity contribution in [3.05, 3.63) is 35.9 Å². The molecule has 2 rings (SSSR count). The van der Waals surface area contributed by atoms with E-state index in [0.29, 0.717) is 18.2 Å². The van der Waals surface area contributed by atoms with Crippen LogP contribution in [0.15, 0.2) is 30.3 Å². The maximum atomic E-state index is 5.75. The molecule has 2 heteroatoms. The standard InChI is InChI=1S/C16H25NO/c1-3-15(12-14-8-5-4-6-9-14)17-13(2)16-10-7-11-18-16/h4-6,8-9,13,15-17H,3,7,10-12H2,1-2H3. The molecule has 1 aliphatic heterocycles. The van der Waals surface area contributed by atoms with Crippen molar-refractivity contribution in [1.82, 2.24) is 5.32 Å². The average molecular weight is 247 g/mol. The highest BCUT2D eigenvalue weighted by atomic mass is 16.5. The third kappa shape index (κ3) is 3.82. The average Bonchev–Trinajstić information content (AvgIpc) is 2.93. The second-order valence-corrected chi connectivity index (χ2v) is 5.30. The molecule has 0 amide bonds. The van der Waals surface area contributed by atoms with Crippen molar-refractivity contribution in [2.75, 3.05) is 6.61 Å². The minimum atomic E-state index is 0.412. The Hall–Kier alpha value is -0.860. The summed E-state index contributed by atoms with van der Waals surface area (Å²) in [5, 5.41) is 3.73. The van der Waals surface area contributed by atoms with Gasteiger partial charge in [-0.2, -0.15) is 0 Å². The molecule has 1 heterocycles. The number of nitrogens with one attached hydrogen (secondary N) is 1. The molecule has 1 saturated heterocycles. The molecular weight excluding hydrogens is 222 g/mol. The van der Waals surface area contributed by atoms with Crippen molar-refractivity contribution in [2.24, 2.45) is 0 Å². The molecule has 1 fully saturated rings. The first-order valence-corrected chi connectivity index (χ1v) is 7.21. The smallest absolute Gasteiger partial charge is 0.0726 e. The van der Waals surface area contributed by atoms with Crippen LogP contribution in [0.25, 0.3) is 0 Å². The van der Waals surface area contributed by atoms with Gasteiger partial charge in [0.2, 0.25) is 0 Å². The highest BCUT2D eigenvalue weighted by Gasteiger charge is 2.23. The lowest BCUT2D eigenvalue weighted by atomic mass is 10.0. The van der Waals surface area contributed by atoms with Gasteiger partial charge in [0.1, 0.15) is 0 Å². The molecule has 1 aromatic rings. The number of rotatable bonds is 6. The van der Waals surface area contributed by atoms with Crippen molar-refractivity contribution in [2.45, 2.75) is 57.7 Å². The van der Waals surface area contributed by atoms with E-state index in [0.717, 1.165) is 19.4 Å². The van der Waals surface area contributed by atoms with Gasteiger partial charge in [-0.15, -0.1) is 0 Å². The van der Waals surface area contributed by atoms with Crippen LogP contribution in [0.3, 0.4) is 0 Å². The Morgan fingerprint density at radius 1 is 1.33 bits per heavy atom. The third-order valence-electron chi connectivity index (χ3n) is 3.84. The van der Waals surface area contributed by atoms with E-state index in [1.165, 1.54) is 18.4 Å². The minimum absolute atomic E-state index is 0.412. The highest BCUT2D eigenvalue weighted by molar-refractivity contribution is 5.15. The molecule has 3 unspecified atom stereocenters. The number of ether oxygens (including phenoxy) is 1. The predicted octanol–water partition coefficient (Wildman–Crippen LogP) is 3.16. The summed E-state index contributed by atoms with van der Waals surface area (Å²) in [5.74, 6) is 0. The predicted molar refractivity (Wildman–Crippen MR) is 75.8 cm³/mol. The van der Waals surface area contributed by atoms with Crippen molar-refractivity contribution >= 4 is 0 Å². The van der Waals surface area contributed by atoms with E-state index in [9.17, 15) is 0 Å². The van der Waals surface area contributed by atoms with E-state index in [1.54, 1.807) is 0 Å². The maximum Gasteiger partial charge on any atom is 0.0726 e. The molecule has 0 bridgehead atoms. The Morgan fingerprint density at radius 2 is 2.11 bits per heavy atom. The van der Waals surface area contributed by atoms with Crippen LogP contribution < -0.4 is 5.32 Å². The molecule has 2 nitrogen and oxygen atoms in total. The summed E-state index contributed by atoms with van der Waals surface area (Å²) < 4.78 is 5.75. The van der Waals surface area contributed by atoms with Crippen molar-refractivity contribution in [1.29, 1.82) is 0 Å². The lowest BCUT2D eigenvalue weighted by Gasteiger charge is -2.26. The summed E-state index contributed by atoms with van der Waals surface area (Å²) in [6.07, 6.45) is 5.09. The Balaban J connectivity index is 1.85. The lowest BCUT2D eigenvalue weighted by Crippen LogP contribution is -2.44. The molecule has 1 N–H and O–H groups in total. The van der Waals surface area contributed by atoms with Crippen molar-refractivity contribution < 1.29 is 4.74 Å². The van der Waals surface area contributed by atoms with E-state index in [1.807, 2.05) is 0 Å². The van der Waals surface area contributed by atoms with Crippen LogP contribution in [-0.4, -0.2) is 24.8 Å². The first-order valence-electron chi connectivity index (χ1n) is 7.21. The Bertz CT molecular complexity index is 332. The van der Waals surface area contributed by atoms with Gasteiger partial charge in [-0.1, -0.05) is 37.3 Å². The SMILES string of the molecule is CCC(Cc1ccccc1)NC(C)C1CCCO1. The molecule has 1 aliphatic rings. The van der Waals surface area contributed by atoms with Crippen LogP contribution in [0, 0.1) is 0 Å². The van der Waals surface area contributed by atoms with Crippen LogP contribution in [0.5, 0.6) is 0 Å². The van der Waals surface area contributed by atoms with Gasteiger partial charge >= 0.3 is 0 Å². The summed E-state index contributed by atoms with van der Waals surface area (Å²) in [6, 6.07) is 11.7. The Labute approximate surface area is 111 Å². The van der Waals surface area contributed by atoms with Crippen LogP contribution in [-0.2, 0) is 11.2 Å². The summed E-state index contributed by atoms with van der Waals surface area (Å²) in [6.45, 7) is 5.44. The molecule has 0 spiro atoms. The number of benzene rings is 1. The molecule has 100 valence electrons. The fourth-order valence-electron chi connectivity index (χ4n) is 2.70. The fourth-order valence-corrected chi connectivity index (χ4v) is 2.70. The van der Waals surface area contributed by atoms with E-state index in [4.69, 9.17) is 4.74 Å². The number of hydrogen-bond acceptors (Lipinski definition) is 2. The number of hydrogen-bond donors (Lipinski definition) is 1. The zero-order chi connectivity index (χ0) is 12.8. The van der Waals surface area contributed by atoms with Gasteiger partial charge in [0.25, 0.3) is 0 Å². The van der Waals surface area contributed by atoms with Gasteiger partial charge in [-0.05, 0) is 38.2 Å². The molecule has 18 heavy (non-hydrogen) atoms. The van der Waals surface area contributed by atoms with Gasteiger partial charge < -0.3 is 10.1 Å². The molecule has 0 aromatic heterocycles. The second kappa shape index (κ2) is 6.91. The Kier molecular flexibility index (Phi) is 5.21. The largest absolute Gasteiger partial charge is 0.377 e. The van der Waals surface area contributed by atoms with E-state index >= 15 is 0 Å². The van der Waals surface area contributed by atoms with Gasteiger partial charge in [0.05, 0.1) is 6.10 Å². The summed E-state index contributed by atoms with van der Waals surface area (Å²) in [4.78, 5) is 0. The fraction of sp³-hybridized carbons (Fsp3) is 0.625. The van der Waals surface area contributed by atoms with Gasteiger partial charge in [0.15, 0.2) is 0 Å². The molecule has 0 saturated carbocycles. The molecule has 1 aromatic carbocycles. The summed E-state index contributed by atoms with van der Waals surface area (Å²) in [7, 11) is 0. The second-order valence-electron chi connectivity index (χ2n) is 5.30. The van der Waals surface area contributed by atoms with Gasteiger partial charge in [-0.3, -0.25) is 0 Å². The van der Waals surface area contributed by atoms with Crippen LogP contribution in [0.4, 0.5) is 0 Å². The molecule has 0 aliphatic carbocycles. The molecule has 0 radical (unpaired) electrons. The van der Waals surface area contributed by atoms with Crippen LogP contribution >= 0.6 is 0 Å². The summed E-state index contributed by atoms with van der Waals surface area (Å²) in [5.41, 5.74) is 1.41. The highest BCUT2D eigenvalue weighted by Crippen LogP contribution is 2.16. The van der Waals surface area contributed by atoms with E-state index < -0.39 is 0 Å². The topological polar surface area (TPSA) is 21.3 Å². The first kappa shape index (κ1) is 13.6. The quantitative estimate of drug-likeness (QED) is 0.833. The van der Waals surface area contributed by atoms with E-state index in [-0.39, 0.29) is 0 Å². The zero-order valence-corrected chi connectivity index (χ0v) is 11.6. The lowest BCUT2D eigenvalue weighted by molar-refractivity contribution is 0.0794. The van der Waals surface area contributed by atoms with Gasteiger partial charge in [0, 0.05) is 18.7 Å². The minimum Gasteiger partial charge on any atom is -0.377 e.